The second kappa shape index (κ2) is 6.23. The highest BCUT2D eigenvalue weighted by Gasteiger charge is 2.23. The molecule has 2 rings (SSSR count). The SMILES string of the molecule is O=C(Cc1cccc(O)c1)NC1CCCCC1Br. The van der Waals surface area contributed by atoms with Gasteiger partial charge in [0, 0.05) is 10.9 Å². The van der Waals surface area contributed by atoms with E-state index in [9.17, 15) is 9.90 Å². The summed E-state index contributed by atoms with van der Waals surface area (Å²) in [6.07, 6.45) is 4.90. The number of halogens is 1. The van der Waals surface area contributed by atoms with E-state index in [0.29, 0.717) is 11.2 Å². The zero-order valence-corrected chi connectivity index (χ0v) is 11.8. The Morgan fingerprint density at radius 2 is 2.17 bits per heavy atom. The predicted octanol–water partition coefficient (Wildman–Crippen LogP) is 2.76. The van der Waals surface area contributed by atoms with Gasteiger partial charge in [-0.2, -0.15) is 0 Å². The lowest BCUT2D eigenvalue weighted by molar-refractivity contribution is -0.121. The number of phenolic OH excluding ortho intramolecular Hbond substituents is 1. The highest BCUT2D eigenvalue weighted by Crippen LogP contribution is 2.24. The summed E-state index contributed by atoms with van der Waals surface area (Å²) in [6, 6.07) is 7.09. The average Bonchev–Trinajstić information content (AvgIpc) is 2.32. The fraction of sp³-hybridized carbons (Fsp3) is 0.500. The van der Waals surface area contributed by atoms with Crippen LogP contribution in [0.5, 0.6) is 5.75 Å². The van der Waals surface area contributed by atoms with Crippen LogP contribution in [-0.2, 0) is 11.2 Å². The van der Waals surface area contributed by atoms with Crippen LogP contribution in [-0.4, -0.2) is 21.9 Å². The normalized spacial score (nSPS) is 23.6. The third kappa shape index (κ3) is 3.73. The summed E-state index contributed by atoms with van der Waals surface area (Å²) in [4.78, 5) is 12.3. The van der Waals surface area contributed by atoms with Crippen LogP contribution in [0.25, 0.3) is 0 Å². The van der Waals surface area contributed by atoms with Crippen molar-refractivity contribution in [1.29, 1.82) is 0 Å². The predicted molar refractivity (Wildman–Crippen MR) is 74.9 cm³/mol. The van der Waals surface area contributed by atoms with Crippen LogP contribution >= 0.6 is 15.9 Å². The van der Waals surface area contributed by atoms with Crippen LogP contribution < -0.4 is 5.32 Å². The van der Waals surface area contributed by atoms with Crippen LogP contribution in [0.3, 0.4) is 0 Å². The number of rotatable bonds is 3. The molecule has 18 heavy (non-hydrogen) atoms. The molecule has 0 radical (unpaired) electrons. The lowest BCUT2D eigenvalue weighted by atomic mass is 9.95. The van der Waals surface area contributed by atoms with E-state index in [1.54, 1.807) is 18.2 Å². The number of phenols is 1. The first-order valence-corrected chi connectivity index (χ1v) is 7.28. The quantitative estimate of drug-likeness (QED) is 0.843. The Bertz CT molecular complexity index is 422. The lowest BCUT2D eigenvalue weighted by Crippen LogP contribution is -2.43. The maximum Gasteiger partial charge on any atom is 0.224 e. The number of carbonyl (C=O) groups excluding carboxylic acids is 1. The molecule has 0 saturated heterocycles. The Morgan fingerprint density at radius 3 is 2.89 bits per heavy atom. The van der Waals surface area contributed by atoms with Crippen molar-refractivity contribution >= 4 is 21.8 Å². The minimum absolute atomic E-state index is 0.0250. The number of hydrogen-bond donors (Lipinski definition) is 2. The lowest BCUT2D eigenvalue weighted by Gasteiger charge is -2.28. The molecule has 3 nitrogen and oxygen atoms in total. The highest BCUT2D eigenvalue weighted by atomic mass is 79.9. The molecule has 1 aliphatic carbocycles. The molecule has 2 atom stereocenters. The molecule has 98 valence electrons. The summed E-state index contributed by atoms with van der Waals surface area (Å²) in [7, 11) is 0. The summed E-state index contributed by atoms with van der Waals surface area (Å²) in [5.41, 5.74) is 0.842. The summed E-state index contributed by atoms with van der Waals surface area (Å²) < 4.78 is 0. The number of alkyl halides is 1. The van der Waals surface area contributed by atoms with E-state index in [-0.39, 0.29) is 17.7 Å². The molecule has 0 aromatic heterocycles. The van der Waals surface area contributed by atoms with Crippen LogP contribution in [0, 0.1) is 0 Å². The molecule has 1 fully saturated rings. The summed E-state index contributed by atoms with van der Waals surface area (Å²) in [6.45, 7) is 0. The minimum Gasteiger partial charge on any atom is -0.508 e. The maximum absolute atomic E-state index is 11.9. The molecule has 1 aromatic carbocycles. The van der Waals surface area contributed by atoms with Crippen LogP contribution in [0.15, 0.2) is 24.3 Å². The smallest absolute Gasteiger partial charge is 0.224 e. The molecule has 1 aromatic rings. The number of carbonyl (C=O) groups is 1. The molecule has 0 heterocycles. The highest BCUT2D eigenvalue weighted by molar-refractivity contribution is 9.09. The van der Waals surface area contributed by atoms with Gasteiger partial charge in [0.15, 0.2) is 0 Å². The van der Waals surface area contributed by atoms with Crippen molar-refractivity contribution < 1.29 is 9.90 Å². The molecule has 2 N–H and O–H groups in total. The molecule has 1 saturated carbocycles. The van der Waals surface area contributed by atoms with Gasteiger partial charge in [0.25, 0.3) is 0 Å². The molecular weight excluding hydrogens is 294 g/mol. The van der Waals surface area contributed by atoms with Gasteiger partial charge in [0.2, 0.25) is 5.91 Å². The van der Waals surface area contributed by atoms with Gasteiger partial charge in [0.05, 0.1) is 6.42 Å². The molecule has 1 amide bonds. The number of benzene rings is 1. The van der Waals surface area contributed by atoms with Crippen molar-refractivity contribution in [3.8, 4) is 5.75 Å². The molecule has 4 heteroatoms. The third-order valence-corrected chi connectivity index (χ3v) is 4.40. The van der Waals surface area contributed by atoms with E-state index >= 15 is 0 Å². The van der Waals surface area contributed by atoms with Gasteiger partial charge in [-0.05, 0) is 30.5 Å². The zero-order chi connectivity index (χ0) is 13.0. The fourth-order valence-electron chi connectivity index (χ4n) is 2.36. The largest absolute Gasteiger partial charge is 0.508 e. The molecule has 0 spiro atoms. The average molecular weight is 312 g/mol. The second-order valence-electron chi connectivity index (χ2n) is 4.82. The molecule has 2 unspecified atom stereocenters. The minimum atomic E-state index is 0.0250. The van der Waals surface area contributed by atoms with Gasteiger partial charge in [-0.1, -0.05) is 40.9 Å². The van der Waals surface area contributed by atoms with Crippen molar-refractivity contribution in [2.24, 2.45) is 0 Å². The Morgan fingerprint density at radius 1 is 1.39 bits per heavy atom. The van der Waals surface area contributed by atoms with Crippen LogP contribution in [0.2, 0.25) is 0 Å². The molecule has 1 aliphatic rings. The first kappa shape index (κ1) is 13.4. The topological polar surface area (TPSA) is 49.3 Å². The van der Waals surface area contributed by atoms with Crippen molar-refractivity contribution in [3.63, 3.8) is 0 Å². The van der Waals surface area contributed by atoms with E-state index in [0.717, 1.165) is 18.4 Å². The third-order valence-electron chi connectivity index (χ3n) is 3.30. The van der Waals surface area contributed by atoms with Crippen LogP contribution in [0.4, 0.5) is 0 Å². The first-order valence-electron chi connectivity index (χ1n) is 6.36. The van der Waals surface area contributed by atoms with Gasteiger partial charge in [-0.3, -0.25) is 4.79 Å². The van der Waals surface area contributed by atoms with E-state index in [2.05, 4.69) is 21.2 Å². The Labute approximate surface area is 116 Å². The van der Waals surface area contributed by atoms with E-state index < -0.39 is 0 Å². The Hall–Kier alpha value is -1.03. The van der Waals surface area contributed by atoms with Gasteiger partial charge in [-0.15, -0.1) is 0 Å². The standard InChI is InChI=1S/C14H18BrNO2/c15-12-6-1-2-7-13(12)16-14(18)9-10-4-3-5-11(17)8-10/h3-5,8,12-13,17H,1-2,6-7,9H2,(H,16,18). The van der Waals surface area contributed by atoms with E-state index in [4.69, 9.17) is 0 Å². The summed E-state index contributed by atoms with van der Waals surface area (Å²) in [5, 5.41) is 12.4. The Balaban J connectivity index is 1.88. The van der Waals surface area contributed by atoms with Gasteiger partial charge >= 0.3 is 0 Å². The number of nitrogens with one attached hydrogen (secondary N) is 1. The van der Waals surface area contributed by atoms with Crippen molar-refractivity contribution in [2.75, 3.05) is 0 Å². The van der Waals surface area contributed by atoms with Crippen molar-refractivity contribution in [2.45, 2.75) is 43.0 Å². The number of aromatic hydroxyl groups is 1. The van der Waals surface area contributed by atoms with E-state index in [1.165, 1.54) is 12.8 Å². The molecule has 0 aliphatic heterocycles. The van der Waals surface area contributed by atoms with Crippen molar-refractivity contribution in [3.05, 3.63) is 29.8 Å². The fourth-order valence-corrected chi connectivity index (χ4v) is 3.08. The summed E-state index contributed by atoms with van der Waals surface area (Å²) in [5.74, 6) is 0.230. The van der Waals surface area contributed by atoms with Crippen LogP contribution in [0.1, 0.15) is 31.2 Å². The molecule has 0 bridgehead atoms. The first-order chi connectivity index (χ1) is 8.65. The van der Waals surface area contributed by atoms with Crippen molar-refractivity contribution in [1.82, 2.24) is 5.32 Å². The van der Waals surface area contributed by atoms with E-state index in [1.807, 2.05) is 6.07 Å². The Kier molecular flexibility index (Phi) is 4.64. The number of amides is 1. The number of hydrogen-bond acceptors (Lipinski definition) is 2. The monoisotopic (exact) mass is 311 g/mol. The van der Waals surface area contributed by atoms with Gasteiger partial charge in [0.1, 0.15) is 5.75 Å². The zero-order valence-electron chi connectivity index (χ0n) is 10.2. The maximum atomic E-state index is 11.9. The summed E-state index contributed by atoms with van der Waals surface area (Å²) >= 11 is 3.63. The van der Waals surface area contributed by atoms with Gasteiger partial charge in [-0.25, -0.2) is 0 Å². The van der Waals surface area contributed by atoms with Gasteiger partial charge < -0.3 is 10.4 Å². The molecular formula is C14H18BrNO2. The second-order valence-corrected chi connectivity index (χ2v) is 6.00.